The zero-order chi connectivity index (χ0) is 26.9. The van der Waals surface area contributed by atoms with Crippen LogP contribution in [0.2, 0.25) is 0 Å². The summed E-state index contributed by atoms with van der Waals surface area (Å²) in [5.74, 6) is 3.47. The average molecular weight is 763 g/mol. The molecule has 0 radical (unpaired) electrons. The zero-order valence-electron chi connectivity index (χ0n) is 20.7. The van der Waals surface area contributed by atoms with E-state index >= 15 is 0 Å². The number of hydrogen-bond donors (Lipinski definition) is 4. The standard InChI is InChI=1S/C9H11NO2S.C9H11NS.C7H9NS.C2H4Br2.4CH4.3H2/c11-13(12)6-5-10-9-4-2-1-3-8(9)7-13;1-2-4-9-8(3-1)7-11-6-5-10-9;8-7-4-2-1-3-6(7)5-9;3-1-2-4;;;;;;;/h1-4,10H,5-7H2;1-4,10H,5-7H2;1-4,9H,5,8H2;1-2H2;4*1H4;3*1H/i;;;;;;;;3*1+1. The third-order valence-electron chi connectivity index (χ3n) is 5.25. The molecule has 0 atom stereocenters. The molecule has 10 heteroatoms. The smallest absolute Gasteiger partial charge is 0.156 e. The Balaban J connectivity index is -0.000000109. The van der Waals surface area contributed by atoms with Gasteiger partial charge in [0.25, 0.3) is 0 Å². The highest BCUT2D eigenvalue weighted by molar-refractivity contribution is 9.11. The fourth-order valence-corrected chi connectivity index (χ4v) is 5.84. The van der Waals surface area contributed by atoms with Gasteiger partial charge in [0.05, 0.1) is 11.5 Å². The summed E-state index contributed by atoms with van der Waals surface area (Å²) >= 11 is 12.5. The minimum absolute atomic E-state index is 0. The largest absolute Gasteiger partial charge is 0.398 e. The lowest BCUT2D eigenvalue weighted by Crippen LogP contribution is -2.12. The molecule has 0 aliphatic carbocycles. The Bertz CT molecular complexity index is 1170. The summed E-state index contributed by atoms with van der Waals surface area (Å²) < 4.78 is 22.8. The SMILES string of the molecule is BrCCBr.C.C.C.C.Nc1ccccc1CS.O=S1(=O)CCNc2ccccc2C1.[2HH].[2HH].[2HH].c1ccc2c(c1)CSCCN2. The number of hydrogen-bond acceptors (Lipinski definition) is 7. The number of fused-ring (bicyclic) bond motifs is 2. The predicted octanol–water partition coefficient (Wildman–Crippen LogP) is 10.1. The van der Waals surface area contributed by atoms with E-state index in [0.717, 1.165) is 45.5 Å². The first-order valence-corrected chi connectivity index (χ1v) is 17.7. The maximum Gasteiger partial charge on any atom is 0.156 e. The molecule has 41 heavy (non-hydrogen) atoms. The first kappa shape index (κ1) is 44.1. The summed E-state index contributed by atoms with van der Waals surface area (Å²) in [4.78, 5) is 0. The van der Waals surface area contributed by atoms with Gasteiger partial charge in [-0.2, -0.15) is 24.4 Å². The molecule has 2 aliphatic heterocycles. The second kappa shape index (κ2) is 25.2. The second-order valence-corrected chi connectivity index (χ2v) is 13.2. The van der Waals surface area contributed by atoms with Gasteiger partial charge in [-0.3, -0.25) is 0 Å². The number of halogens is 2. The number of sulfone groups is 1. The molecule has 2 heterocycles. The van der Waals surface area contributed by atoms with Gasteiger partial charge in [0.15, 0.2) is 9.84 Å². The first-order valence-electron chi connectivity index (χ1n) is 11.9. The van der Waals surface area contributed by atoms with Crippen LogP contribution in [0.4, 0.5) is 17.1 Å². The predicted molar refractivity (Wildman–Crippen MR) is 208 cm³/mol. The lowest BCUT2D eigenvalue weighted by atomic mass is 10.2. The molecule has 0 amide bonds. The van der Waals surface area contributed by atoms with Crippen LogP contribution in [0.15, 0.2) is 72.8 Å². The van der Waals surface area contributed by atoms with Gasteiger partial charge < -0.3 is 16.4 Å². The molecule has 240 valence electrons. The summed E-state index contributed by atoms with van der Waals surface area (Å²) in [6, 6.07) is 23.8. The van der Waals surface area contributed by atoms with Crippen LogP contribution in [0.25, 0.3) is 0 Å². The molecule has 0 spiro atoms. The quantitative estimate of drug-likeness (QED) is 0.118. The average Bonchev–Trinajstić information content (AvgIpc) is 3.25. The van der Waals surface area contributed by atoms with Gasteiger partial charge >= 0.3 is 0 Å². The number of anilines is 3. The summed E-state index contributed by atoms with van der Waals surface area (Å²) in [6.45, 7) is 1.61. The fraction of sp³-hybridized carbons (Fsp3) is 0.419. The van der Waals surface area contributed by atoms with E-state index in [1.807, 2.05) is 60.3 Å². The van der Waals surface area contributed by atoms with Crippen LogP contribution in [0.1, 0.15) is 50.7 Å². The topological polar surface area (TPSA) is 84.2 Å². The van der Waals surface area contributed by atoms with E-state index in [-0.39, 0.29) is 45.5 Å². The van der Waals surface area contributed by atoms with E-state index < -0.39 is 9.84 Å². The van der Waals surface area contributed by atoms with Crippen molar-refractivity contribution in [2.24, 2.45) is 0 Å². The van der Waals surface area contributed by atoms with Gasteiger partial charge in [0.2, 0.25) is 0 Å². The number of rotatable bonds is 2. The van der Waals surface area contributed by atoms with Gasteiger partial charge in [0.1, 0.15) is 0 Å². The van der Waals surface area contributed by atoms with Crippen molar-refractivity contribution in [3.63, 3.8) is 0 Å². The Kier molecular flexibility index (Phi) is 27.1. The summed E-state index contributed by atoms with van der Waals surface area (Å²) in [6.07, 6.45) is 0. The Hall–Kier alpha value is -1.33. The molecule has 4 N–H and O–H groups in total. The summed E-state index contributed by atoms with van der Waals surface area (Å²) in [5.41, 5.74) is 12.1. The monoisotopic (exact) mass is 760 g/mol. The molecule has 0 fully saturated rings. The third-order valence-corrected chi connectivity index (χ3v) is 10.0. The number of alkyl halides is 2. The molecular formula is C31H57Br2N3O2S3. The van der Waals surface area contributed by atoms with Crippen LogP contribution in [-0.4, -0.2) is 43.7 Å². The van der Waals surface area contributed by atoms with Crippen molar-refractivity contribution in [2.45, 2.75) is 47.0 Å². The van der Waals surface area contributed by atoms with Crippen molar-refractivity contribution in [1.82, 2.24) is 0 Å². The summed E-state index contributed by atoms with van der Waals surface area (Å²) in [5, 5.41) is 8.60. The van der Waals surface area contributed by atoms with Gasteiger partial charge in [0, 0.05) is 62.4 Å². The molecule has 5 rings (SSSR count). The normalized spacial score (nSPS) is 13.4. The lowest BCUT2D eigenvalue weighted by molar-refractivity contribution is 0.596. The number of nitrogens with two attached hydrogens (primary N) is 1. The molecule has 0 unspecified atom stereocenters. The molecule has 3 aromatic rings. The van der Waals surface area contributed by atoms with Crippen molar-refractivity contribution in [1.29, 1.82) is 0 Å². The molecule has 2 aliphatic rings. The summed E-state index contributed by atoms with van der Waals surface area (Å²) in [7, 11) is -2.90. The van der Waals surface area contributed by atoms with Crippen molar-refractivity contribution >= 4 is 83.1 Å². The number of benzene rings is 3. The number of thioether (sulfide) groups is 1. The number of nitrogens with one attached hydrogen (secondary N) is 2. The first-order chi connectivity index (χ1) is 17.9. The van der Waals surface area contributed by atoms with E-state index in [1.54, 1.807) is 0 Å². The number of para-hydroxylation sites is 3. The minimum atomic E-state index is -2.90. The second-order valence-electron chi connectivity index (χ2n) is 8.05. The zero-order valence-corrected chi connectivity index (χ0v) is 26.4. The van der Waals surface area contributed by atoms with Crippen LogP contribution in [-0.2, 0) is 27.1 Å². The Morgan fingerprint density at radius 2 is 1.32 bits per heavy atom. The Morgan fingerprint density at radius 3 is 1.88 bits per heavy atom. The van der Waals surface area contributed by atoms with E-state index in [2.05, 4.69) is 79.4 Å². The molecular weight excluding hydrogens is 702 g/mol. The van der Waals surface area contributed by atoms with Crippen LogP contribution in [0.5, 0.6) is 0 Å². The fourth-order valence-electron chi connectivity index (χ4n) is 3.41. The Morgan fingerprint density at radius 1 is 0.805 bits per heavy atom. The molecule has 0 bridgehead atoms. The van der Waals surface area contributed by atoms with Crippen molar-refractivity contribution in [3.05, 3.63) is 89.5 Å². The highest BCUT2D eigenvalue weighted by atomic mass is 79.9. The van der Waals surface area contributed by atoms with E-state index in [0.29, 0.717) is 12.3 Å². The van der Waals surface area contributed by atoms with Crippen molar-refractivity contribution in [2.75, 3.05) is 51.6 Å². The van der Waals surface area contributed by atoms with E-state index in [1.165, 1.54) is 17.0 Å². The van der Waals surface area contributed by atoms with E-state index in [9.17, 15) is 8.42 Å². The molecule has 0 aromatic heterocycles. The number of thiol groups is 1. The van der Waals surface area contributed by atoms with Gasteiger partial charge in [-0.05, 0) is 34.9 Å². The maximum atomic E-state index is 11.4. The highest BCUT2D eigenvalue weighted by Gasteiger charge is 2.17. The van der Waals surface area contributed by atoms with Crippen LogP contribution >= 0.6 is 56.3 Å². The lowest BCUT2D eigenvalue weighted by Gasteiger charge is -2.04. The molecule has 5 nitrogen and oxygen atoms in total. The highest BCUT2D eigenvalue weighted by Crippen LogP contribution is 2.23. The van der Waals surface area contributed by atoms with Crippen molar-refractivity contribution < 1.29 is 12.7 Å². The van der Waals surface area contributed by atoms with E-state index in [4.69, 9.17) is 5.73 Å². The third kappa shape index (κ3) is 17.4. The van der Waals surface area contributed by atoms with Gasteiger partial charge in [-0.25, -0.2) is 8.42 Å². The Labute approximate surface area is 282 Å². The van der Waals surface area contributed by atoms with Crippen LogP contribution in [0.3, 0.4) is 0 Å². The van der Waals surface area contributed by atoms with Crippen molar-refractivity contribution in [3.8, 4) is 0 Å². The molecule has 0 saturated heterocycles. The molecule has 0 saturated carbocycles. The van der Waals surface area contributed by atoms with Gasteiger partial charge in [-0.15, -0.1) is 0 Å². The van der Waals surface area contributed by atoms with Crippen LogP contribution in [0, 0.1) is 0 Å². The van der Waals surface area contributed by atoms with Crippen LogP contribution < -0.4 is 16.4 Å². The molecule has 3 aromatic carbocycles. The minimum Gasteiger partial charge on any atom is -0.398 e. The van der Waals surface area contributed by atoms with Gasteiger partial charge in [-0.1, -0.05) is 116 Å². The number of nitrogen functional groups attached to an aromatic ring is 1. The maximum absolute atomic E-state index is 11.4.